The van der Waals surface area contributed by atoms with Crippen LogP contribution >= 0.6 is 0 Å². The topological polar surface area (TPSA) is 96.1 Å². The Balaban J connectivity index is 1.23. The van der Waals surface area contributed by atoms with Crippen molar-refractivity contribution in [2.45, 2.75) is 117 Å². The fourth-order valence-electron chi connectivity index (χ4n) is 7.23. The number of benzene rings is 2. The molecule has 9 nitrogen and oxygen atoms in total. The Morgan fingerprint density at radius 1 is 0.827 bits per heavy atom. The summed E-state index contributed by atoms with van der Waals surface area (Å²) in [6, 6.07) is 20.8. The average molecular weight is 741 g/mol. The highest BCUT2D eigenvalue weighted by Crippen LogP contribution is 2.55. The maximum Gasteiger partial charge on any atom is 0.235 e. The smallest absolute Gasteiger partial charge is 0.235 e. The molecule has 2 aromatic carbocycles. The highest BCUT2D eigenvalue weighted by atomic mass is 28.3. The van der Waals surface area contributed by atoms with Crippen LogP contribution in [0.3, 0.4) is 0 Å². The van der Waals surface area contributed by atoms with E-state index in [-0.39, 0.29) is 11.8 Å². The molecule has 0 saturated heterocycles. The third-order valence-electron chi connectivity index (χ3n) is 10.6. The first-order valence-electron chi connectivity index (χ1n) is 19.3. The normalized spacial score (nSPS) is 15.7. The van der Waals surface area contributed by atoms with E-state index in [9.17, 15) is 4.79 Å². The van der Waals surface area contributed by atoms with Crippen molar-refractivity contribution in [3.8, 4) is 11.1 Å². The lowest BCUT2D eigenvalue weighted by atomic mass is 9.82. The highest BCUT2D eigenvalue weighted by molar-refractivity contribution is 6.76. The van der Waals surface area contributed by atoms with Gasteiger partial charge >= 0.3 is 0 Å². The van der Waals surface area contributed by atoms with Crippen molar-refractivity contribution in [2.75, 3.05) is 18.5 Å². The Bertz CT molecular complexity index is 1770. The first-order chi connectivity index (χ1) is 24.8. The van der Waals surface area contributed by atoms with Gasteiger partial charge in [-0.2, -0.15) is 5.10 Å². The lowest BCUT2D eigenvalue weighted by Gasteiger charge is -2.27. The highest BCUT2D eigenvalue weighted by Gasteiger charge is 2.50. The van der Waals surface area contributed by atoms with E-state index in [1.54, 1.807) is 0 Å². The van der Waals surface area contributed by atoms with Gasteiger partial charge in [0.15, 0.2) is 0 Å². The van der Waals surface area contributed by atoms with E-state index >= 15 is 0 Å². The standard InChI is InChI=1S/C41H60N6O3Si2/c1-29-37(30(2)47(45-29)28-50-23-25-52(6,7)8)32-18-20-35(21-19-32)42-41(48)39(38(33-14-15-33)34-16-17-34)40-44-43-36(26-31-12-10-9-11-13-31)46(40)27-49-22-24-51(3,4)5/h9-13,18-21,33-34,38-39H,14-17,22-28H2,1-8H3,(H,42,48). The van der Waals surface area contributed by atoms with Gasteiger partial charge in [0.1, 0.15) is 31.0 Å². The van der Waals surface area contributed by atoms with Crippen LogP contribution in [0.15, 0.2) is 54.6 Å². The van der Waals surface area contributed by atoms with Crippen LogP contribution < -0.4 is 5.32 Å². The molecule has 52 heavy (non-hydrogen) atoms. The van der Waals surface area contributed by atoms with Crippen LogP contribution in [-0.2, 0) is 34.2 Å². The fourth-order valence-corrected chi connectivity index (χ4v) is 8.74. The zero-order valence-electron chi connectivity index (χ0n) is 32.7. The number of ether oxygens (including phenoxy) is 2. The van der Waals surface area contributed by atoms with Crippen molar-refractivity contribution < 1.29 is 14.3 Å². The monoisotopic (exact) mass is 740 g/mol. The Morgan fingerprint density at radius 2 is 1.42 bits per heavy atom. The second-order valence-corrected chi connectivity index (χ2v) is 28.8. The number of hydrogen-bond acceptors (Lipinski definition) is 6. The minimum atomic E-state index is -1.26. The fraction of sp³-hybridized carbons (Fsp3) is 0.561. The third kappa shape index (κ3) is 10.2. The number of hydrogen-bond donors (Lipinski definition) is 1. The SMILES string of the molecule is Cc1nn(COCC[Si](C)(C)C)c(C)c1-c1ccc(NC(=O)C(c2nnc(Cc3ccccc3)n2COCC[Si](C)(C)C)C(C2CC2)C2CC2)cc1. The second-order valence-electron chi connectivity index (χ2n) is 17.6. The summed E-state index contributed by atoms with van der Waals surface area (Å²) in [5, 5.41) is 17.7. The number of carbonyl (C=O) groups is 1. The molecule has 280 valence electrons. The Labute approximate surface area is 312 Å². The van der Waals surface area contributed by atoms with Crippen LogP contribution in [0.25, 0.3) is 11.1 Å². The van der Waals surface area contributed by atoms with Crippen LogP contribution in [0.1, 0.15) is 60.2 Å². The molecular formula is C41H60N6O3Si2. The summed E-state index contributed by atoms with van der Waals surface area (Å²) < 4.78 is 16.4. The largest absolute Gasteiger partial charge is 0.361 e. The molecule has 0 radical (unpaired) electrons. The summed E-state index contributed by atoms with van der Waals surface area (Å²) in [6.45, 7) is 20.6. The van der Waals surface area contributed by atoms with Crippen molar-refractivity contribution in [1.82, 2.24) is 24.5 Å². The maximum absolute atomic E-state index is 14.6. The van der Waals surface area contributed by atoms with E-state index in [4.69, 9.17) is 24.8 Å². The number of nitrogens with one attached hydrogen (secondary N) is 1. The molecule has 0 aliphatic heterocycles. The molecule has 6 rings (SSSR count). The average Bonchev–Trinajstić information content (AvgIpc) is 4.03. The van der Waals surface area contributed by atoms with Gasteiger partial charge in [0, 0.05) is 52.7 Å². The van der Waals surface area contributed by atoms with Gasteiger partial charge < -0.3 is 14.8 Å². The van der Waals surface area contributed by atoms with Crippen molar-refractivity contribution in [3.63, 3.8) is 0 Å². The van der Waals surface area contributed by atoms with Gasteiger partial charge in [-0.3, -0.25) is 9.36 Å². The predicted molar refractivity (Wildman–Crippen MR) is 215 cm³/mol. The summed E-state index contributed by atoms with van der Waals surface area (Å²) in [4.78, 5) is 14.6. The molecule has 2 aliphatic carbocycles. The Kier molecular flexibility index (Phi) is 12.0. The molecule has 1 amide bonds. The van der Waals surface area contributed by atoms with Gasteiger partial charge in [-0.25, -0.2) is 4.68 Å². The van der Waals surface area contributed by atoms with Crippen molar-refractivity contribution in [2.24, 2.45) is 17.8 Å². The van der Waals surface area contributed by atoms with Crippen LogP contribution in [0, 0.1) is 31.6 Å². The summed E-state index contributed by atoms with van der Waals surface area (Å²) in [5.41, 5.74) is 6.18. The number of nitrogens with zero attached hydrogens (tertiary/aromatic N) is 5. The van der Waals surface area contributed by atoms with E-state index in [1.807, 2.05) is 29.8 Å². The predicted octanol–water partition coefficient (Wildman–Crippen LogP) is 9.13. The molecule has 2 aromatic heterocycles. The van der Waals surface area contributed by atoms with Crippen molar-refractivity contribution in [3.05, 3.63) is 83.2 Å². The lowest BCUT2D eigenvalue weighted by molar-refractivity contribution is -0.119. The van der Waals surface area contributed by atoms with Gasteiger partial charge in [0.05, 0.1) is 5.69 Å². The number of amides is 1. The van der Waals surface area contributed by atoms with Gasteiger partial charge in [-0.15, -0.1) is 10.2 Å². The first kappa shape index (κ1) is 38.3. The quantitative estimate of drug-likeness (QED) is 0.0761. The molecule has 4 aromatic rings. The zero-order valence-corrected chi connectivity index (χ0v) is 34.7. The van der Waals surface area contributed by atoms with Crippen molar-refractivity contribution in [1.29, 1.82) is 0 Å². The molecule has 2 fully saturated rings. The number of anilines is 1. The van der Waals surface area contributed by atoms with Gasteiger partial charge in [0.2, 0.25) is 5.91 Å². The van der Waals surface area contributed by atoms with E-state index in [0.717, 1.165) is 64.1 Å². The van der Waals surface area contributed by atoms with E-state index in [1.165, 1.54) is 25.7 Å². The number of aryl methyl sites for hydroxylation is 1. The van der Waals surface area contributed by atoms with Gasteiger partial charge in [0.25, 0.3) is 0 Å². The number of aromatic nitrogens is 5. The summed E-state index contributed by atoms with van der Waals surface area (Å²) in [7, 11) is -2.41. The first-order valence-corrected chi connectivity index (χ1v) is 26.8. The lowest BCUT2D eigenvalue weighted by Crippen LogP contribution is -2.33. The molecule has 11 heteroatoms. The summed E-state index contributed by atoms with van der Waals surface area (Å²) >= 11 is 0. The molecule has 2 saturated carbocycles. The van der Waals surface area contributed by atoms with Crippen LogP contribution in [-0.4, -0.2) is 59.8 Å². The molecule has 0 bridgehead atoms. The van der Waals surface area contributed by atoms with E-state index in [2.05, 4.69) is 92.5 Å². The van der Waals surface area contributed by atoms with Crippen LogP contribution in [0.5, 0.6) is 0 Å². The number of carbonyl (C=O) groups excluding carboxylic acids is 1. The third-order valence-corrected chi connectivity index (χ3v) is 14.0. The van der Waals surface area contributed by atoms with Crippen LogP contribution in [0.4, 0.5) is 5.69 Å². The minimum Gasteiger partial charge on any atom is -0.361 e. The molecule has 2 heterocycles. The van der Waals surface area contributed by atoms with E-state index in [0.29, 0.717) is 38.3 Å². The molecular weight excluding hydrogens is 681 g/mol. The Hall–Kier alpha value is -3.39. The maximum atomic E-state index is 14.6. The van der Waals surface area contributed by atoms with Crippen LogP contribution in [0.2, 0.25) is 51.4 Å². The summed E-state index contributed by atoms with van der Waals surface area (Å²) in [5.74, 6) is 2.51. The summed E-state index contributed by atoms with van der Waals surface area (Å²) in [6.07, 6.45) is 5.33. The second kappa shape index (κ2) is 16.3. The molecule has 1 unspecified atom stereocenters. The van der Waals surface area contributed by atoms with E-state index < -0.39 is 22.1 Å². The molecule has 1 N–H and O–H groups in total. The van der Waals surface area contributed by atoms with Gasteiger partial charge in [-0.1, -0.05) is 81.7 Å². The molecule has 0 spiro atoms. The Morgan fingerprint density at radius 3 is 2.00 bits per heavy atom. The number of rotatable bonds is 19. The van der Waals surface area contributed by atoms with Gasteiger partial charge in [-0.05, 0) is 92.6 Å². The molecule has 1 atom stereocenters. The molecule has 2 aliphatic rings. The minimum absolute atomic E-state index is 0.00536. The van der Waals surface area contributed by atoms with Crippen molar-refractivity contribution >= 4 is 27.7 Å². The zero-order chi connectivity index (χ0) is 37.0.